The van der Waals surface area contributed by atoms with E-state index in [1.165, 1.54) is 18.0 Å². The van der Waals surface area contributed by atoms with Gasteiger partial charge in [-0.1, -0.05) is 18.2 Å². The van der Waals surface area contributed by atoms with Gasteiger partial charge in [-0.15, -0.1) is 10.2 Å². The lowest BCUT2D eigenvalue weighted by Crippen LogP contribution is -1.81. The van der Waals surface area contributed by atoms with Crippen LogP contribution in [0.1, 0.15) is 11.1 Å². The van der Waals surface area contributed by atoms with Crippen LogP contribution in [0.2, 0.25) is 0 Å². The molecule has 0 spiro atoms. The van der Waals surface area contributed by atoms with Crippen molar-refractivity contribution in [2.24, 2.45) is 0 Å². The fourth-order valence-electron chi connectivity index (χ4n) is 1.77. The number of aromatic nitrogens is 3. The monoisotopic (exact) mass is 294 g/mol. The Morgan fingerprint density at radius 3 is 2.71 bits per heavy atom. The van der Waals surface area contributed by atoms with Gasteiger partial charge in [-0.2, -0.15) is 5.26 Å². The van der Waals surface area contributed by atoms with Crippen LogP contribution in [0.3, 0.4) is 0 Å². The first-order chi connectivity index (χ1) is 10.3. The van der Waals surface area contributed by atoms with E-state index in [2.05, 4.69) is 15.2 Å². The summed E-state index contributed by atoms with van der Waals surface area (Å²) < 4.78 is 5.65. The third kappa shape index (κ3) is 2.93. The highest BCUT2D eigenvalue weighted by molar-refractivity contribution is 7.99. The van der Waals surface area contributed by atoms with Gasteiger partial charge in [0.15, 0.2) is 0 Å². The van der Waals surface area contributed by atoms with Crippen LogP contribution in [-0.4, -0.2) is 15.2 Å². The second-order valence-electron chi connectivity index (χ2n) is 4.29. The Bertz CT molecular complexity index is 805. The van der Waals surface area contributed by atoms with Crippen molar-refractivity contribution in [1.82, 2.24) is 15.2 Å². The Morgan fingerprint density at radius 1 is 1.14 bits per heavy atom. The third-order valence-electron chi connectivity index (χ3n) is 2.84. The van der Waals surface area contributed by atoms with Gasteiger partial charge in [0.1, 0.15) is 11.1 Å². The average Bonchev–Trinajstić information content (AvgIpc) is 2.97. The summed E-state index contributed by atoms with van der Waals surface area (Å²) >= 11 is 1.27. The van der Waals surface area contributed by atoms with Gasteiger partial charge in [-0.3, -0.25) is 0 Å². The first kappa shape index (κ1) is 13.3. The van der Waals surface area contributed by atoms with Crippen LogP contribution >= 0.6 is 11.8 Å². The Balaban J connectivity index is 1.82. The molecule has 0 amide bonds. The molecule has 0 fully saturated rings. The van der Waals surface area contributed by atoms with Crippen molar-refractivity contribution in [2.45, 2.75) is 17.2 Å². The molecule has 0 radical (unpaired) electrons. The summed E-state index contributed by atoms with van der Waals surface area (Å²) in [6.45, 7) is 1.99. The Hall–Kier alpha value is -2.65. The number of rotatable bonds is 3. The molecule has 21 heavy (non-hydrogen) atoms. The molecule has 0 saturated carbocycles. The topological polar surface area (TPSA) is 75.6 Å². The first-order valence-electron chi connectivity index (χ1n) is 6.20. The molecule has 3 rings (SSSR count). The highest BCUT2D eigenvalue weighted by Crippen LogP contribution is 2.28. The normalized spacial score (nSPS) is 10.3. The van der Waals surface area contributed by atoms with Gasteiger partial charge < -0.3 is 4.42 Å². The lowest BCUT2D eigenvalue weighted by Gasteiger charge is -1.98. The highest BCUT2D eigenvalue weighted by Gasteiger charge is 2.12. The number of hydrogen-bond donors (Lipinski definition) is 0. The van der Waals surface area contributed by atoms with Crippen molar-refractivity contribution in [3.63, 3.8) is 0 Å². The molecule has 0 saturated heterocycles. The molecule has 0 aliphatic carbocycles. The van der Waals surface area contributed by atoms with Crippen molar-refractivity contribution in [3.05, 3.63) is 53.7 Å². The van der Waals surface area contributed by atoms with E-state index >= 15 is 0 Å². The molecule has 0 bridgehead atoms. The van der Waals surface area contributed by atoms with E-state index in [1.54, 1.807) is 12.1 Å². The average molecular weight is 294 g/mol. The van der Waals surface area contributed by atoms with E-state index < -0.39 is 0 Å². The van der Waals surface area contributed by atoms with E-state index in [0.717, 1.165) is 11.1 Å². The molecule has 102 valence electrons. The van der Waals surface area contributed by atoms with Crippen molar-refractivity contribution >= 4 is 11.8 Å². The van der Waals surface area contributed by atoms with Crippen molar-refractivity contribution in [3.8, 4) is 17.5 Å². The summed E-state index contributed by atoms with van der Waals surface area (Å²) in [5, 5.41) is 17.9. The van der Waals surface area contributed by atoms with Crippen LogP contribution in [0, 0.1) is 18.3 Å². The van der Waals surface area contributed by atoms with Gasteiger partial charge in [-0.05, 0) is 42.4 Å². The number of hydrogen-bond acceptors (Lipinski definition) is 6. The zero-order valence-corrected chi connectivity index (χ0v) is 12.0. The number of pyridine rings is 1. The molecule has 0 N–H and O–H groups in total. The largest absolute Gasteiger partial charge is 0.411 e. The van der Waals surface area contributed by atoms with E-state index in [0.29, 0.717) is 21.7 Å². The van der Waals surface area contributed by atoms with Crippen LogP contribution in [0.25, 0.3) is 11.5 Å². The lowest BCUT2D eigenvalue weighted by atomic mass is 10.1. The van der Waals surface area contributed by atoms with E-state index in [9.17, 15) is 0 Å². The van der Waals surface area contributed by atoms with Gasteiger partial charge >= 0.3 is 0 Å². The molecule has 2 heterocycles. The summed E-state index contributed by atoms with van der Waals surface area (Å²) in [6.07, 6.45) is 1.51. The van der Waals surface area contributed by atoms with E-state index in [4.69, 9.17) is 9.68 Å². The molecular formula is C15H10N4OS. The Labute approximate surface area is 125 Å². The van der Waals surface area contributed by atoms with Gasteiger partial charge in [0.05, 0.1) is 5.56 Å². The zero-order chi connectivity index (χ0) is 14.7. The summed E-state index contributed by atoms with van der Waals surface area (Å²) in [6, 6.07) is 13.3. The summed E-state index contributed by atoms with van der Waals surface area (Å²) in [4.78, 5) is 4.16. The minimum Gasteiger partial charge on any atom is -0.411 e. The fourth-order valence-corrected chi connectivity index (χ4v) is 2.39. The maximum Gasteiger partial charge on any atom is 0.283 e. The van der Waals surface area contributed by atoms with Crippen molar-refractivity contribution in [2.75, 3.05) is 0 Å². The third-order valence-corrected chi connectivity index (χ3v) is 3.63. The predicted molar refractivity (Wildman–Crippen MR) is 77.5 cm³/mol. The van der Waals surface area contributed by atoms with Gasteiger partial charge in [-0.25, -0.2) is 4.98 Å². The lowest BCUT2D eigenvalue weighted by molar-refractivity contribution is 0.465. The van der Waals surface area contributed by atoms with E-state index in [1.807, 2.05) is 37.3 Å². The van der Waals surface area contributed by atoms with E-state index in [-0.39, 0.29) is 0 Å². The standard InChI is InChI=1S/C15H10N4OS/c1-10-4-2-3-5-12(10)14-18-19-15(20-14)21-13-7-6-11(8-16)9-17-13/h2-7,9H,1H3. The first-order valence-corrected chi connectivity index (χ1v) is 7.01. The number of aryl methyl sites for hydroxylation is 1. The minimum atomic E-state index is 0.422. The van der Waals surface area contributed by atoms with Gasteiger partial charge in [0, 0.05) is 11.8 Å². The second kappa shape index (κ2) is 5.77. The zero-order valence-electron chi connectivity index (χ0n) is 11.1. The predicted octanol–water partition coefficient (Wildman–Crippen LogP) is 3.46. The maximum absolute atomic E-state index is 8.74. The molecule has 2 aromatic heterocycles. The molecule has 0 atom stereocenters. The molecular weight excluding hydrogens is 284 g/mol. The summed E-state index contributed by atoms with van der Waals surface area (Å²) in [5.41, 5.74) is 2.52. The van der Waals surface area contributed by atoms with Crippen molar-refractivity contribution in [1.29, 1.82) is 5.26 Å². The number of benzene rings is 1. The molecule has 0 unspecified atom stereocenters. The molecule has 6 heteroatoms. The summed E-state index contributed by atoms with van der Waals surface area (Å²) in [7, 11) is 0. The van der Waals surface area contributed by atoms with Gasteiger partial charge in [0.2, 0.25) is 5.89 Å². The van der Waals surface area contributed by atoms with Crippen LogP contribution in [0.4, 0.5) is 0 Å². The Kier molecular flexibility index (Phi) is 3.67. The van der Waals surface area contributed by atoms with Crippen molar-refractivity contribution < 1.29 is 4.42 Å². The molecule has 1 aromatic carbocycles. The summed E-state index contributed by atoms with van der Waals surface area (Å²) in [5.74, 6) is 0.490. The quantitative estimate of drug-likeness (QED) is 0.736. The minimum absolute atomic E-state index is 0.422. The molecule has 3 aromatic rings. The SMILES string of the molecule is Cc1ccccc1-c1nnc(Sc2ccc(C#N)cn2)o1. The molecule has 5 nitrogen and oxygen atoms in total. The van der Waals surface area contributed by atoms with Crippen LogP contribution < -0.4 is 0 Å². The fraction of sp³-hybridized carbons (Fsp3) is 0.0667. The van der Waals surface area contributed by atoms with Gasteiger partial charge in [0.25, 0.3) is 5.22 Å². The molecule has 0 aliphatic heterocycles. The maximum atomic E-state index is 8.74. The van der Waals surface area contributed by atoms with Crippen LogP contribution in [0.15, 0.2) is 57.3 Å². The molecule has 0 aliphatic rings. The Morgan fingerprint density at radius 2 is 2.00 bits per heavy atom. The smallest absolute Gasteiger partial charge is 0.283 e. The van der Waals surface area contributed by atoms with Crippen LogP contribution in [-0.2, 0) is 0 Å². The highest BCUT2D eigenvalue weighted by atomic mass is 32.2. The number of nitrogens with zero attached hydrogens (tertiary/aromatic N) is 4. The second-order valence-corrected chi connectivity index (χ2v) is 5.26. The number of nitriles is 1. The van der Waals surface area contributed by atoms with Crippen LogP contribution in [0.5, 0.6) is 0 Å².